The fourth-order valence-electron chi connectivity index (χ4n) is 4.62. The van der Waals surface area contributed by atoms with Crippen LogP contribution in [-0.2, 0) is 23.2 Å². The Kier molecular flexibility index (Phi) is 5.10. The molecule has 0 saturated heterocycles. The standard InChI is InChI=1S/C26H22N4O4/c1-29-13-19(17-11-15(33-2)5-7-21(17)29)23-24(26(32)28-25(23)31)20-14-30(10-4-9-27)22-8-6-16(34-3)12-18(20)22/h5-8,11-14H,4,10H2,1-3H3,(H,28,31,32). The third kappa shape index (κ3) is 3.21. The maximum atomic E-state index is 13.1. The fourth-order valence-corrected chi connectivity index (χ4v) is 4.62. The minimum absolute atomic E-state index is 0.300. The number of aryl methyl sites for hydroxylation is 2. The first-order valence-electron chi connectivity index (χ1n) is 10.7. The lowest BCUT2D eigenvalue weighted by molar-refractivity contribution is -0.122. The molecule has 0 aliphatic carbocycles. The van der Waals surface area contributed by atoms with Gasteiger partial charge in [-0.1, -0.05) is 0 Å². The lowest BCUT2D eigenvalue weighted by Gasteiger charge is -2.05. The van der Waals surface area contributed by atoms with Crippen LogP contribution in [0.25, 0.3) is 33.0 Å². The minimum atomic E-state index is -0.456. The number of imide groups is 1. The zero-order chi connectivity index (χ0) is 24.0. The van der Waals surface area contributed by atoms with Crippen LogP contribution in [0.1, 0.15) is 17.5 Å². The van der Waals surface area contributed by atoms with Crippen LogP contribution >= 0.6 is 0 Å². The van der Waals surface area contributed by atoms with Crippen molar-refractivity contribution >= 4 is 44.8 Å². The van der Waals surface area contributed by atoms with E-state index < -0.39 is 11.8 Å². The molecule has 8 nitrogen and oxygen atoms in total. The first-order chi connectivity index (χ1) is 16.5. The zero-order valence-electron chi connectivity index (χ0n) is 19.0. The average Bonchev–Trinajstić information content (AvgIpc) is 3.46. The van der Waals surface area contributed by atoms with E-state index >= 15 is 0 Å². The van der Waals surface area contributed by atoms with Crippen molar-refractivity contribution in [1.29, 1.82) is 5.26 Å². The highest BCUT2D eigenvalue weighted by Crippen LogP contribution is 2.40. The Balaban J connectivity index is 1.83. The summed E-state index contributed by atoms with van der Waals surface area (Å²) in [4.78, 5) is 26.3. The maximum Gasteiger partial charge on any atom is 0.259 e. The van der Waals surface area contributed by atoms with Gasteiger partial charge in [0.15, 0.2) is 0 Å². The van der Waals surface area contributed by atoms with E-state index in [1.165, 1.54) is 0 Å². The van der Waals surface area contributed by atoms with Crippen molar-refractivity contribution < 1.29 is 19.1 Å². The SMILES string of the molecule is COc1ccc2c(c1)c(C1=C(c3cn(CCC#N)c4ccc(OC)cc34)C(=O)NC1=O)cn2C. The summed E-state index contributed by atoms with van der Waals surface area (Å²) in [6.45, 7) is 0.461. The number of carbonyl (C=O) groups excluding carboxylic acids is 2. The molecule has 1 aliphatic rings. The number of amides is 2. The molecule has 0 radical (unpaired) electrons. The molecular formula is C26H22N4O4. The zero-order valence-corrected chi connectivity index (χ0v) is 19.0. The van der Waals surface area contributed by atoms with E-state index in [9.17, 15) is 9.59 Å². The molecule has 1 N–H and O–H groups in total. The Labute approximate surface area is 195 Å². The van der Waals surface area contributed by atoms with Gasteiger partial charge >= 0.3 is 0 Å². The van der Waals surface area contributed by atoms with Gasteiger partial charge in [-0.15, -0.1) is 0 Å². The summed E-state index contributed by atoms with van der Waals surface area (Å²) in [5, 5.41) is 13.2. The fraction of sp³-hybridized carbons (Fsp3) is 0.192. The van der Waals surface area contributed by atoms with Gasteiger partial charge < -0.3 is 18.6 Å². The molecule has 1 aliphatic heterocycles. The highest BCUT2D eigenvalue weighted by Gasteiger charge is 2.35. The summed E-state index contributed by atoms with van der Waals surface area (Å²) >= 11 is 0. The average molecular weight is 454 g/mol. The van der Waals surface area contributed by atoms with Gasteiger partial charge in [0, 0.05) is 58.9 Å². The van der Waals surface area contributed by atoms with Crippen molar-refractivity contribution in [2.24, 2.45) is 7.05 Å². The van der Waals surface area contributed by atoms with Gasteiger partial charge in [-0.05, 0) is 36.4 Å². The van der Waals surface area contributed by atoms with Crippen molar-refractivity contribution in [2.45, 2.75) is 13.0 Å². The normalized spacial score (nSPS) is 13.6. The summed E-state index contributed by atoms with van der Waals surface area (Å²) in [6, 6.07) is 13.4. The highest BCUT2D eigenvalue weighted by molar-refractivity contribution is 6.50. The maximum absolute atomic E-state index is 13.1. The molecule has 34 heavy (non-hydrogen) atoms. The summed E-state index contributed by atoms with van der Waals surface area (Å²) in [7, 11) is 5.06. The van der Waals surface area contributed by atoms with Crippen LogP contribution in [0.15, 0.2) is 48.8 Å². The van der Waals surface area contributed by atoms with Crippen LogP contribution in [0.3, 0.4) is 0 Å². The summed E-state index contributed by atoms with van der Waals surface area (Å²) in [6.07, 6.45) is 4.00. The topological polar surface area (TPSA) is 98.3 Å². The van der Waals surface area contributed by atoms with E-state index in [0.717, 1.165) is 21.8 Å². The molecule has 0 fully saturated rings. The Hall–Kier alpha value is -4.51. The van der Waals surface area contributed by atoms with Crippen LogP contribution in [-0.4, -0.2) is 35.2 Å². The van der Waals surface area contributed by atoms with E-state index in [0.29, 0.717) is 46.7 Å². The van der Waals surface area contributed by atoms with Gasteiger partial charge in [0.1, 0.15) is 11.5 Å². The monoisotopic (exact) mass is 454 g/mol. The van der Waals surface area contributed by atoms with E-state index in [2.05, 4.69) is 11.4 Å². The quantitative estimate of drug-likeness (QED) is 0.449. The molecule has 8 heteroatoms. The van der Waals surface area contributed by atoms with Crippen molar-refractivity contribution in [3.63, 3.8) is 0 Å². The smallest absolute Gasteiger partial charge is 0.259 e. The number of hydrogen-bond donors (Lipinski definition) is 1. The largest absolute Gasteiger partial charge is 0.497 e. The number of nitriles is 1. The molecule has 0 saturated carbocycles. The highest BCUT2D eigenvalue weighted by atomic mass is 16.5. The molecule has 3 heterocycles. The van der Waals surface area contributed by atoms with Crippen molar-refractivity contribution in [3.8, 4) is 17.6 Å². The second kappa shape index (κ2) is 8.12. The van der Waals surface area contributed by atoms with E-state index in [1.807, 2.05) is 65.0 Å². The number of fused-ring (bicyclic) bond motifs is 2. The first kappa shape index (κ1) is 21.3. The van der Waals surface area contributed by atoms with Crippen LogP contribution in [0.2, 0.25) is 0 Å². The summed E-state index contributed by atoms with van der Waals surface area (Å²) in [5.74, 6) is 0.386. The molecular weight excluding hydrogens is 432 g/mol. The number of nitrogens with one attached hydrogen (secondary N) is 1. The Bertz CT molecular complexity index is 1570. The summed E-state index contributed by atoms with van der Waals surface area (Å²) in [5.41, 5.74) is 3.64. The molecule has 0 unspecified atom stereocenters. The third-order valence-corrected chi connectivity index (χ3v) is 6.22. The predicted molar refractivity (Wildman–Crippen MR) is 128 cm³/mol. The van der Waals surface area contributed by atoms with Crippen LogP contribution in [0.5, 0.6) is 11.5 Å². The molecule has 2 aromatic heterocycles. The Morgan fingerprint density at radius 3 is 2.03 bits per heavy atom. The van der Waals surface area contributed by atoms with E-state index in [1.54, 1.807) is 14.2 Å². The molecule has 2 aromatic carbocycles. The number of aromatic nitrogens is 2. The third-order valence-electron chi connectivity index (χ3n) is 6.22. The van der Waals surface area contributed by atoms with Gasteiger partial charge in [-0.2, -0.15) is 5.26 Å². The van der Waals surface area contributed by atoms with Crippen LogP contribution < -0.4 is 14.8 Å². The van der Waals surface area contributed by atoms with Crippen molar-refractivity contribution in [1.82, 2.24) is 14.5 Å². The number of benzene rings is 2. The minimum Gasteiger partial charge on any atom is -0.497 e. The van der Waals surface area contributed by atoms with Gasteiger partial charge in [0.2, 0.25) is 0 Å². The van der Waals surface area contributed by atoms with Crippen molar-refractivity contribution in [2.75, 3.05) is 14.2 Å². The number of hydrogen-bond acceptors (Lipinski definition) is 5. The molecule has 0 bridgehead atoms. The lowest BCUT2D eigenvalue weighted by atomic mass is 9.95. The van der Waals surface area contributed by atoms with Gasteiger partial charge in [0.05, 0.1) is 37.9 Å². The van der Waals surface area contributed by atoms with Crippen LogP contribution in [0.4, 0.5) is 0 Å². The Morgan fingerprint density at radius 1 is 0.882 bits per heavy atom. The summed E-state index contributed by atoms with van der Waals surface area (Å²) < 4.78 is 14.7. The number of nitrogens with zero attached hydrogens (tertiary/aromatic N) is 3. The second-order valence-corrected chi connectivity index (χ2v) is 8.10. The molecule has 5 rings (SSSR count). The number of methoxy groups -OCH3 is 2. The predicted octanol–water partition coefficient (Wildman–Crippen LogP) is 3.63. The molecule has 2 amide bonds. The number of ether oxygens (including phenoxy) is 2. The first-order valence-corrected chi connectivity index (χ1v) is 10.7. The van der Waals surface area contributed by atoms with Crippen LogP contribution in [0, 0.1) is 11.3 Å². The number of carbonyl (C=O) groups is 2. The van der Waals surface area contributed by atoms with E-state index in [4.69, 9.17) is 14.7 Å². The van der Waals surface area contributed by atoms with Gasteiger partial charge in [0.25, 0.3) is 11.8 Å². The number of rotatable bonds is 6. The molecule has 170 valence electrons. The van der Waals surface area contributed by atoms with E-state index in [-0.39, 0.29) is 0 Å². The van der Waals surface area contributed by atoms with Gasteiger partial charge in [-0.25, -0.2) is 0 Å². The molecule has 0 spiro atoms. The molecule has 4 aromatic rings. The van der Waals surface area contributed by atoms with Crippen molar-refractivity contribution in [3.05, 3.63) is 59.9 Å². The van der Waals surface area contributed by atoms with Gasteiger partial charge in [-0.3, -0.25) is 14.9 Å². The molecule has 0 atom stereocenters. The lowest BCUT2D eigenvalue weighted by Crippen LogP contribution is -2.22. The second-order valence-electron chi connectivity index (χ2n) is 8.10. The Morgan fingerprint density at radius 2 is 1.44 bits per heavy atom.